The van der Waals surface area contributed by atoms with Crippen molar-refractivity contribution in [2.45, 2.75) is 13.1 Å². The second-order valence-corrected chi connectivity index (χ2v) is 6.42. The molecule has 8 heteroatoms. The number of aryl methyl sites for hydroxylation is 1. The van der Waals surface area contributed by atoms with E-state index >= 15 is 0 Å². The van der Waals surface area contributed by atoms with E-state index in [4.69, 9.17) is 0 Å². The Hall–Kier alpha value is -2.87. The van der Waals surface area contributed by atoms with Gasteiger partial charge in [0.25, 0.3) is 0 Å². The van der Waals surface area contributed by atoms with Crippen molar-refractivity contribution in [3.63, 3.8) is 0 Å². The van der Waals surface area contributed by atoms with Gasteiger partial charge in [-0.2, -0.15) is 13.2 Å². The molecule has 134 valence electrons. The smallest absolute Gasteiger partial charge is 0.308 e. The highest BCUT2D eigenvalue weighted by molar-refractivity contribution is 7.14. The summed E-state index contributed by atoms with van der Waals surface area (Å²) in [6, 6.07) is 11.6. The molecule has 0 unspecified atom stereocenters. The van der Waals surface area contributed by atoms with Crippen molar-refractivity contribution in [1.82, 2.24) is 4.98 Å². The molecule has 0 radical (unpaired) electrons. The Morgan fingerprint density at radius 2 is 1.81 bits per heavy atom. The van der Waals surface area contributed by atoms with Gasteiger partial charge in [-0.25, -0.2) is 9.78 Å². The van der Waals surface area contributed by atoms with Crippen LogP contribution in [0.15, 0.2) is 53.9 Å². The van der Waals surface area contributed by atoms with Crippen molar-refractivity contribution >= 4 is 28.2 Å². The Bertz CT molecular complexity index is 920. The van der Waals surface area contributed by atoms with Crippen LogP contribution in [0.25, 0.3) is 11.3 Å². The van der Waals surface area contributed by atoms with Crippen LogP contribution in [0.4, 0.5) is 28.8 Å². The van der Waals surface area contributed by atoms with Crippen LogP contribution in [-0.2, 0) is 6.18 Å². The molecule has 0 saturated heterocycles. The molecule has 4 nitrogen and oxygen atoms in total. The highest BCUT2D eigenvalue weighted by Crippen LogP contribution is 2.31. The molecule has 26 heavy (non-hydrogen) atoms. The van der Waals surface area contributed by atoms with Gasteiger partial charge in [0.15, 0.2) is 5.13 Å². The minimum absolute atomic E-state index is 0.0487. The topological polar surface area (TPSA) is 54.0 Å². The highest BCUT2D eigenvalue weighted by atomic mass is 32.1. The molecule has 0 atom stereocenters. The van der Waals surface area contributed by atoms with Gasteiger partial charge in [0.2, 0.25) is 0 Å². The van der Waals surface area contributed by atoms with E-state index in [2.05, 4.69) is 15.6 Å². The lowest BCUT2D eigenvalue weighted by atomic mass is 10.1. The average molecular weight is 377 g/mol. The largest absolute Gasteiger partial charge is 0.416 e. The first-order valence-corrected chi connectivity index (χ1v) is 8.47. The van der Waals surface area contributed by atoms with Crippen molar-refractivity contribution < 1.29 is 18.0 Å². The number of aromatic nitrogens is 1. The number of carbonyl (C=O) groups is 1. The fourth-order valence-electron chi connectivity index (χ4n) is 2.22. The molecule has 0 bridgehead atoms. The van der Waals surface area contributed by atoms with Gasteiger partial charge < -0.3 is 5.32 Å². The highest BCUT2D eigenvalue weighted by Gasteiger charge is 2.30. The molecule has 0 spiro atoms. The Morgan fingerprint density at radius 3 is 2.50 bits per heavy atom. The molecule has 0 fully saturated rings. The van der Waals surface area contributed by atoms with E-state index in [-0.39, 0.29) is 5.69 Å². The molecule has 0 aliphatic carbocycles. The van der Waals surface area contributed by atoms with E-state index < -0.39 is 17.8 Å². The van der Waals surface area contributed by atoms with Gasteiger partial charge in [0.05, 0.1) is 11.3 Å². The predicted molar refractivity (Wildman–Crippen MR) is 96.4 cm³/mol. The maximum Gasteiger partial charge on any atom is 0.416 e. The summed E-state index contributed by atoms with van der Waals surface area (Å²) < 4.78 is 38.1. The lowest BCUT2D eigenvalue weighted by Crippen LogP contribution is -2.19. The monoisotopic (exact) mass is 377 g/mol. The molecule has 2 amide bonds. The fraction of sp³-hybridized carbons (Fsp3) is 0.111. The molecular formula is C18H14F3N3OS. The minimum Gasteiger partial charge on any atom is -0.308 e. The van der Waals surface area contributed by atoms with E-state index in [1.165, 1.54) is 23.5 Å². The molecule has 3 aromatic rings. The standard InChI is InChI=1S/C18H14F3N3OS/c1-11-5-7-12(8-6-11)15-10-26-17(23-15)24-16(25)22-14-4-2-3-13(9-14)18(19,20)21/h2-10H,1H3,(H2,22,23,24,25). The van der Waals surface area contributed by atoms with E-state index in [1.807, 2.05) is 31.2 Å². The summed E-state index contributed by atoms with van der Waals surface area (Å²) in [5, 5.41) is 7.05. The molecule has 2 aromatic carbocycles. The fourth-order valence-corrected chi connectivity index (χ4v) is 2.94. The van der Waals surface area contributed by atoms with Gasteiger partial charge in [-0.1, -0.05) is 35.9 Å². The van der Waals surface area contributed by atoms with Crippen LogP contribution >= 0.6 is 11.3 Å². The third-order valence-electron chi connectivity index (χ3n) is 3.52. The second-order valence-electron chi connectivity index (χ2n) is 5.56. The normalized spacial score (nSPS) is 11.2. The lowest BCUT2D eigenvalue weighted by molar-refractivity contribution is -0.137. The zero-order valence-corrected chi connectivity index (χ0v) is 14.4. The first-order chi connectivity index (χ1) is 12.3. The zero-order valence-electron chi connectivity index (χ0n) is 13.6. The zero-order chi connectivity index (χ0) is 18.7. The molecule has 0 aliphatic heterocycles. The van der Waals surface area contributed by atoms with Crippen LogP contribution in [0.2, 0.25) is 0 Å². The summed E-state index contributed by atoms with van der Waals surface area (Å²) >= 11 is 1.23. The first-order valence-electron chi connectivity index (χ1n) is 7.59. The molecule has 3 rings (SSSR count). The maximum atomic E-state index is 12.7. The van der Waals surface area contributed by atoms with Crippen LogP contribution in [-0.4, -0.2) is 11.0 Å². The minimum atomic E-state index is -4.47. The van der Waals surface area contributed by atoms with E-state index in [0.29, 0.717) is 10.8 Å². The molecule has 0 saturated carbocycles. The summed E-state index contributed by atoms with van der Waals surface area (Å²) in [4.78, 5) is 16.3. The number of nitrogens with one attached hydrogen (secondary N) is 2. The molecular weight excluding hydrogens is 363 g/mol. The summed E-state index contributed by atoms with van der Waals surface area (Å²) in [7, 11) is 0. The van der Waals surface area contributed by atoms with Gasteiger partial charge >= 0.3 is 12.2 Å². The van der Waals surface area contributed by atoms with Crippen molar-refractivity contribution in [1.29, 1.82) is 0 Å². The van der Waals surface area contributed by atoms with E-state index in [1.54, 1.807) is 5.38 Å². The number of hydrogen-bond donors (Lipinski definition) is 2. The number of carbonyl (C=O) groups excluding carboxylic acids is 1. The van der Waals surface area contributed by atoms with Crippen molar-refractivity contribution in [2.75, 3.05) is 10.6 Å². The van der Waals surface area contributed by atoms with Crippen LogP contribution in [0.1, 0.15) is 11.1 Å². The van der Waals surface area contributed by atoms with Crippen molar-refractivity contribution in [3.05, 3.63) is 65.0 Å². The number of rotatable bonds is 3. The van der Waals surface area contributed by atoms with Gasteiger partial charge in [-0.3, -0.25) is 5.32 Å². The maximum absolute atomic E-state index is 12.7. The lowest BCUT2D eigenvalue weighted by Gasteiger charge is -2.09. The van der Waals surface area contributed by atoms with Crippen LogP contribution in [0, 0.1) is 6.92 Å². The van der Waals surface area contributed by atoms with E-state index in [0.717, 1.165) is 23.3 Å². The average Bonchev–Trinajstić information content (AvgIpc) is 3.03. The number of thiazole rings is 1. The number of benzene rings is 2. The Balaban J connectivity index is 1.67. The third kappa shape index (κ3) is 4.40. The van der Waals surface area contributed by atoms with Gasteiger partial charge in [-0.15, -0.1) is 11.3 Å². The molecule has 0 aliphatic rings. The third-order valence-corrected chi connectivity index (χ3v) is 4.28. The Labute approximate surface area is 151 Å². The number of halogens is 3. The summed E-state index contributed by atoms with van der Waals surface area (Å²) in [6.45, 7) is 1.98. The number of hydrogen-bond acceptors (Lipinski definition) is 3. The van der Waals surface area contributed by atoms with Gasteiger partial charge in [0, 0.05) is 16.6 Å². The quantitative estimate of drug-likeness (QED) is 0.608. The molecule has 1 aromatic heterocycles. The SMILES string of the molecule is Cc1ccc(-c2csc(NC(=O)Nc3cccc(C(F)(F)F)c3)n2)cc1. The van der Waals surface area contributed by atoms with Crippen LogP contribution < -0.4 is 10.6 Å². The second kappa shape index (κ2) is 7.17. The number of urea groups is 1. The van der Waals surface area contributed by atoms with Crippen molar-refractivity contribution in [3.8, 4) is 11.3 Å². The van der Waals surface area contributed by atoms with Crippen LogP contribution in [0.5, 0.6) is 0 Å². The number of alkyl halides is 3. The van der Waals surface area contributed by atoms with E-state index in [9.17, 15) is 18.0 Å². The summed E-state index contributed by atoms with van der Waals surface area (Å²) in [6.07, 6.45) is -4.47. The van der Waals surface area contributed by atoms with Gasteiger partial charge in [-0.05, 0) is 25.1 Å². The molecule has 1 heterocycles. The van der Waals surface area contributed by atoms with Crippen LogP contribution in [0.3, 0.4) is 0 Å². The Morgan fingerprint density at radius 1 is 1.08 bits per heavy atom. The summed E-state index contributed by atoms with van der Waals surface area (Å²) in [5.41, 5.74) is 1.98. The van der Waals surface area contributed by atoms with Crippen molar-refractivity contribution in [2.24, 2.45) is 0 Å². The number of anilines is 2. The Kier molecular flexibility index (Phi) is 4.94. The number of nitrogens with zero attached hydrogens (tertiary/aromatic N) is 1. The molecule has 2 N–H and O–H groups in total. The first kappa shape index (κ1) is 17.9. The summed E-state index contributed by atoms with van der Waals surface area (Å²) in [5.74, 6) is 0. The van der Waals surface area contributed by atoms with Gasteiger partial charge in [0.1, 0.15) is 0 Å². The number of amides is 2. The predicted octanol–water partition coefficient (Wildman–Crippen LogP) is 5.78.